The molecule has 0 bridgehead atoms. The van der Waals surface area contributed by atoms with Crippen LogP contribution in [0.4, 0.5) is 0 Å². The maximum absolute atomic E-state index is 5.17. The van der Waals surface area contributed by atoms with Gasteiger partial charge in [0, 0.05) is 7.05 Å². The van der Waals surface area contributed by atoms with E-state index in [9.17, 15) is 0 Å². The molecule has 1 rings (SSSR count). The molecule has 5 heteroatoms. The first-order valence-electron chi connectivity index (χ1n) is 3.77. The predicted octanol–water partition coefficient (Wildman–Crippen LogP) is 0.779. The summed E-state index contributed by atoms with van der Waals surface area (Å²) in [5.74, 6) is 0.946. The second-order valence-electron chi connectivity index (χ2n) is 3.11. The lowest BCUT2D eigenvalue weighted by Crippen LogP contribution is -2.18. The van der Waals surface area contributed by atoms with Crippen LogP contribution in [0, 0.1) is 11.7 Å². The van der Waals surface area contributed by atoms with Gasteiger partial charge in [-0.2, -0.15) is 5.10 Å². The quantitative estimate of drug-likeness (QED) is 0.638. The van der Waals surface area contributed by atoms with Crippen molar-refractivity contribution in [2.45, 2.75) is 13.6 Å². The summed E-state index contributed by atoms with van der Waals surface area (Å²) in [5.41, 5.74) is 0. The van der Waals surface area contributed by atoms with Crippen LogP contribution in [0.2, 0.25) is 0 Å². The third-order valence-electron chi connectivity index (χ3n) is 1.68. The van der Waals surface area contributed by atoms with E-state index >= 15 is 0 Å². The topological polar surface area (TPSA) is 26.0 Å². The summed E-state index contributed by atoms with van der Waals surface area (Å²) in [6.45, 7) is 2.68. The Morgan fingerprint density at radius 1 is 1.50 bits per heavy atom. The van der Waals surface area contributed by atoms with Crippen molar-refractivity contribution in [1.82, 2.24) is 19.2 Å². The summed E-state index contributed by atoms with van der Waals surface area (Å²) in [6, 6.07) is 0. The van der Waals surface area contributed by atoms with Crippen molar-refractivity contribution in [3.05, 3.63) is 10.6 Å². The molecule has 0 aliphatic heterocycles. The Hall–Kier alpha value is -0.680. The molecule has 1 heterocycles. The zero-order chi connectivity index (χ0) is 9.30. The van der Waals surface area contributed by atoms with E-state index in [1.54, 1.807) is 0 Å². The SMILES string of the molecule is Cc1nn(CN(C)C)c(=S)n1C. The second-order valence-corrected chi connectivity index (χ2v) is 3.47. The molecule has 0 fully saturated rings. The first-order valence-corrected chi connectivity index (χ1v) is 4.18. The molecule has 1 aromatic heterocycles. The molecule has 0 saturated heterocycles. The molecule has 1 aromatic rings. The number of hydrogen-bond donors (Lipinski definition) is 0. The molecule has 0 atom stereocenters. The van der Waals surface area contributed by atoms with Crippen LogP contribution in [0.3, 0.4) is 0 Å². The van der Waals surface area contributed by atoms with E-state index in [0.717, 1.165) is 17.3 Å². The zero-order valence-corrected chi connectivity index (χ0v) is 8.72. The summed E-state index contributed by atoms with van der Waals surface area (Å²) >= 11 is 5.17. The molecule has 0 amide bonds. The monoisotopic (exact) mass is 186 g/mol. The standard InChI is InChI=1S/C7H14N4S/c1-6-8-11(5-9(2)3)7(12)10(6)4/h5H2,1-4H3. The lowest BCUT2D eigenvalue weighted by Gasteiger charge is -2.07. The van der Waals surface area contributed by atoms with E-state index in [4.69, 9.17) is 12.2 Å². The van der Waals surface area contributed by atoms with Gasteiger partial charge in [0.15, 0.2) is 4.77 Å². The maximum Gasteiger partial charge on any atom is 0.198 e. The third kappa shape index (κ3) is 1.73. The summed E-state index contributed by atoms with van der Waals surface area (Å²) in [6.07, 6.45) is 0. The normalized spacial score (nSPS) is 11.1. The zero-order valence-electron chi connectivity index (χ0n) is 7.90. The first kappa shape index (κ1) is 9.41. The van der Waals surface area contributed by atoms with Crippen molar-refractivity contribution in [3.8, 4) is 0 Å². The van der Waals surface area contributed by atoms with E-state index in [-0.39, 0.29) is 0 Å². The van der Waals surface area contributed by atoms with Gasteiger partial charge in [-0.15, -0.1) is 0 Å². The predicted molar refractivity (Wildman–Crippen MR) is 50.5 cm³/mol. The van der Waals surface area contributed by atoms with Crippen molar-refractivity contribution in [1.29, 1.82) is 0 Å². The van der Waals surface area contributed by atoms with Crippen LogP contribution in [-0.2, 0) is 13.7 Å². The Bertz CT molecular complexity index is 323. The molecule has 0 N–H and O–H groups in total. The second kappa shape index (κ2) is 3.37. The Balaban J connectivity index is 3.02. The minimum absolute atomic E-state index is 0.737. The van der Waals surface area contributed by atoms with Crippen LogP contribution >= 0.6 is 12.2 Å². The highest BCUT2D eigenvalue weighted by molar-refractivity contribution is 7.71. The van der Waals surface area contributed by atoms with Gasteiger partial charge in [0.25, 0.3) is 0 Å². The molecule has 12 heavy (non-hydrogen) atoms. The Morgan fingerprint density at radius 2 is 2.08 bits per heavy atom. The van der Waals surface area contributed by atoms with Gasteiger partial charge in [-0.3, -0.25) is 4.90 Å². The lowest BCUT2D eigenvalue weighted by atomic mass is 10.7. The van der Waals surface area contributed by atoms with E-state index in [0.29, 0.717) is 0 Å². The Morgan fingerprint density at radius 3 is 2.42 bits per heavy atom. The highest BCUT2D eigenvalue weighted by Crippen LogP contribution is 1.97. The molecular weight excluding hydrogens is 172 g/mol. The van der Waals surface area contributed by atoms with Crippen LogP contribution < -0.4 is 0 Å². The van der Waals surface area contributed by atoms with Gasteiger partial charge < -0.3 is 4.57 Å². The van der Waals surface area contributed by atoms with Gasteiger partial charge >= 0.3 is 0 Å². The highest BCUT2D eigenvalue weighted by Gasteiger charge is 2.02. The molecule has 0 spiro atoms. The maximum atomic E-state index is 5.17. The van der Waals surface area contributed by atoms with Gasteiger partial charge in [-0.1, -0.05) is 0 Å². The van der Waals surface area contributed by atoms with E-state index in [1.165, 1.54) is 0 Å². The molecule has 0 saturated carbocycles. The van der Waals surface area contributed by atoms with Gasteiger partial charge in [-0.05, 0) is 33.2 Å². The molecule has 4 nitrogen and oxygen atoms in total. The van der Waals surface area contributed by atoms with Crippen molar-refractivity contribution in [2.24, 2.45) is 7.05 Å². The summed E-state index contributed by atoms with van der Waals surface area (Å²) < 4.78 is 4.48. The molecule has 0 unspecified atom stereocenters. The molecule has 0 aliphatic carbocycles. The molecule has 0 aliphatic rings. The minimum Gasteiger partial charge on any atom is -0.307 e. The molecule has 0 radical (unpaired) electrons. The largest absolute Gasteiger partial charge is 0.307 e. The van der Waals surface area contributed by atoms with Crippen LogP contribution in [0.25, 0.3) is 0 Å². The first-order chi connectivity index (χ1) is 5.52. The number of rotatable bonds is 2. The molecule has 0 aromatic carbocycles. The minimum atomic E-state index is 0.737. The van der Waals surface area contributed by atoms with Crippen molar-refractivity contribution in [2.75, 3.05) is 14.1 Å². The average Bonchev–Trinajstić information content (AvgIpc) is 2.17. The van der Waals surface area contributed by atoms with Crippen LogP contribution in [0.5, 0.6) is 0 Å². The lowest BCUT2D eigenvalue weighted by molar-refractivity contribution is 0.303. The summed E-state index contributed by atoms with van der Waals surface area (Å²) in [7, 11) is 5.91. The third-order valence-corrected chi connectivity index (χ3v) is 2.16. The van der Waals surface area contributed by atoms with E-state index in [2.05, 4.69) is 5.10 Å². The smallest absolute Gasteiger partial charge is 0.198 e. The van der Waals surface area contributed by atoms with Crippen molar-refractivity contribution < 1.29 is 0 Å². The highest BCUT2D eigenvalue weighted by atomic mass is 32.1. The fraction of sp³-hybridized carbons (Fsp3) is 0.714. The van der Waals surface area contributed by atoms with Crippen molar-refractivity contribution in [3.63, 3.8) is 0 Å². The Labute approximate surface area is 77.4 Å². The molecular formula is C7H14N4S. The number of aromatic nitrogens is 3. The fourth-order valence-electron chi connectivity index (χ4n) is 0.956. The van der Waals surface area contributed by atoms with E-state index < -0.39 is 0 Å². The van der Waals surface area contributed by atoms with Gasteiger partial charge in [0.2, 0.25) is 0 Å². The van der Waals surface area contributed by atoms with Crippen molar-refractivity contribution >= 4 is 12.2 Å². The van der Waals surface area contributed by atoms with Crippen LogP contribution in [-0.4, -0.2) is 33.3 Å². The number of hydrogen-bond acceptors (Lipinski definition) is 3. The number of aryl methyl sites for hydroxylation is 1. The number of nitrogens with zero attached hydrogens (tertiary/aromatic N) is 4. The Kier molecular flexibility index (Phi) is 2.64. The van der Waals surface area contributed by atoms with Gasteiger partial charge in [0.05, 0.1) is 6.67 Å². The molecule has 68 valence electrons. The fourth-order valence-corrected chi connectivity index (χ4v) is 1.19. The van der Waals surface area contributed by atoms with E-state index in [1.807, 2.05) is 42.2 Å². The summed E-state index contributed by atoms with van der Waals surface area (Å²) in [5, 5.41) is 4.28. The average molecular weight is 186 g/mol. The van der Waals surface area contributed by atoms with Crippen LogP contribution in [0.1, 0.15) is 5.82 Å². The van der Waals surface area contributed by atoms with Crippen LogP contribution in [0.15, 0.2) is 0 Å². The summed E-state index contributed by atoms with van der Waals surface area (Å²) in [4.78, 5) is 2.03. The van der Waals surface area contributed by atoms with Gasteiger partial charge in [-0.25, -0.2) is 4.68 Å². The van der Waals surface area contributed by atoms with Gasteiger partial charge in [0.1, 0.15) is 5.82 Å².